The quantitative estimate of drug-likeness (QED) is 0.450. The fourth-order valence-corrected chi connectivity index (χ4v) is 5.67. The molecule has 6 rings (SSSR count). The number of thiazole rings is 1. The standard InChI is InChI=1S/C24H26N8OS/c1-24(2,33)19-6-14(4-5-26-19)23-28-17-8-20(27-9-18(17)34-23)29-21-10-25-11-22(30-21)32-13-15-7-16(32)12-31(15)3/h4-6,8-11,15-16,33H,7,12-13H2,1-3H3,(H,27,29,30)/t15-,16-/m0/s1. The first-order valence-electron chi connectivity index (χ1n) is 11.4. The number of fused-ring (bicyclic) bond motifs is 3. The van der Waals surface area contributed by atoms with Gasteiger partial charge < -0.3 is 15.3 Å². The molecule has 174 valence electrons. The Balaban J connectivity index is 1.24. The highest BCUT2D eigenvalue weighted by molar-refractivity contribution is 7.21. The number of aliphatic hydroxyl groups is 1. The Morgan fingerprint density at radius 3 is 2.71 bits per heavy atom. The Hall–Kier alpha value is -3.21. The molecule has 0 aliphatic carbocycles. The van der Waals surface area contributed by atoms with E-state index in [9.17, 15) is 5.11 Å². The number of piperazine rings is 1. The Morgan fingerprint density at radius 2 is 1.94 bits per heavy atom. The number of pyridine rings is 2. The van der Waals surface area contributed by atoms with Gasteiger partial charge in [-0.3, -0.25) is 14.9 Å². The molecule has 4 aromatic heterocycles. The number of likely N-dealkylation sites (N-methyl/N-ethyl adjacent to an activating group) is 1. The average molecular weight is 475 g/mol. The number of aromatic nitrogens is 5. The molecule has 34 heavy (non-hydrogen) atoms. The molecule has 10 heteroatoms. The van der Waals surface area contributed by atoms with E-state index in [-0.39, 0.29) is 0 Å². The number of nitrogens with one attached hydrogen (secondary N) is 1. The number of hydrogen-bond acceptors (Lipinski definition) is 10. The molecule has 0 spiro atoms. The Bertz CT molecular complexity index is 1360. The van der Waals surface area contributed by atoms with Gasteiger partial charge in [0.05, 0.1) is 28.3 Å². The molecule has 2 aliphatic rings. The maximum Gasteiger partial charge on any atom is 0.152 e. The molecule has 6 heterocycles. The van der Waals surface area contributed by atoms with Gasteiger partial charge >= 0.3 is 0 Å². The molecule has 2 fully saturated rings. The third-order valence-electron chi connectivity index (χ3n) is 6.60. The van der Waals surface area contributed by atoms with Crippen LogP contribution in [0.3, 0.4) is 0 Å². The van der Waals surface area contributed by atoms with E-state index < -0.39 is 5.60 Å². The van der Waals surface area contributed by atoms with Crippen LogP contribution in [0.5, 0.6) is 0 Å². The Kier molecular flexibility index (Phi) is 4.98. The summed E-state index contributed by atoms with van der Waals surface area (Å²) in [5, 5.41) is 14.4. The van der Waals surface area contributed by atoms with Gasteiger partial charge in [-0.25, -0.2) is 15.0 Å². The summed E-state index contributed by atoms with van der Waals surface area (Å²) in [5.74, 6) is 2.24. The van der Waals surface area contributed by atoms with E-state index in [0.717, 1.165) is 39.7 Å². The van der Waals surface area contributed by atoms with Gasteiger partial charge in [-0.1, -0.05) is 0 Å². The summed E-state index contributed by atoms with van der Waals surface area (Å²) in [6, 6.07) is 6.82. The van der Waals surface area contributed by atoms with E-state index >= 15 is 0 Å². The van der Waals surface area contributed by atoms with Crippen molar-refractivity contribution in [3.63, 3.8) is 0 Å². The van der Waals surface area contributed by atoms with Gasteiger partial charge in [-0.2, -0.15) is 0 Å². The van der Waals surface area contributed by atoms with Crippen LogP contribution in [-0.2, 0) is 5.60 Å². The predicted molar refractivity (Wildman–Crippen MR) is 133 cm³/mol. The normalized spacial score (nSPS) is 20.4. The molecule has 9 nitrogen and oxygen atoms in total. The lowest BCUT2D eigenvalue weighted by atomic mass is 10.0. The van der Waals surface area contributed by atoms with E-state index in [4.69, 9.17) is 9.97 Å². The van der Waals surface area contributed by atoms with Gasteiger partial charge in [0.25, 0.3) is 0 Å². The van der Waals surface area contributed by atoms with Gasteiger partial charge in [0.15, 0.2) is 5.82 Å². The highest BCUT2D eigenvalue weighted by Gasteiger charge is 2.42. The van der Waals surface area contributed by atoms with Crippen LogP contribution in [0.25, 0.3) is 20.8 Å². The molecule has 0 saturated carbocycles. The van der Waals surface area contributed by atoms with Crippen LogP contribution in [0.2, 0.25) is 0 Å². The third kappa shape index (κ3) is 3.87. The molecule has 2 N–H and O–H groups in total. The van der Waals surface area contributed by atoms with E-state index in [0.29, 0.717) is 29.4 Å². The van der Waals surface area contributed by atoms with E-state index in [1.807, 2.05) is 30.6 Å². The minimum Gasteiger partial charge on any atom is -0.384 e. The smallest absolute Gasteiger partial charge is 0.152 e. The molecule has 0 unspecified atom stereocenters. The summed E-state index contributed by atoms with van der Waals surface area (Å²) < 4.78 is 0.985. The molecule has 2 saturated heterocycles. The SMILES string of the molecule is CN1C[C@@H]2C[C@H]1CN2c1cncc(Nc2cc3nc(-c4ccnc(C(C)(C)O)c4)sc3cn2)n1. The Labute approximate surface area is 201 Å². The number of rotatable bonds is 5. The fourth-order valence-electron chi connectivity index (χ4n) is 4.76. The van der Waals surface area contributed by atoms with Crippen LogP contribution >= 0.6 is 11.3 Å². The van der Waals surface area contributed by atoms with Crippen molar-refractivity contribution >= 4 is 39.0 Å². The average Bonchev–Trinajstić information content (AvgIpc) is 3.52. The van der Waals surface area contributed by atoms with Crippen LogP contribution in [0, 0.1) is 0 Å². The topological polar surface area (TPSA) is 103 Å². The minimum atomic E-state index is -1.01. The van der Waals surface area contributed by atoms with E-state index in [2.05, 4.69) is 37.1 Å². The van der Waals surface area contributed by atoms with Crippen LogP contribution < -0.4 is 10.2 Å². The van der Waals surface area contributed by atoms with Crippen molar-refractivity contribution in [1.82, 2.24) is 29.8 Å². The zero-order valence-electron chi connectivity index (χ0n) is 19.3. The summed E-state index contributed by atoms with van der Waals surface area (Å²) in [7, 11) is 2.19. The van der Waals surface area contributed by atoms with Crippen LogP contribution in [-0.4, -0.2) is 67.1 Å². The summed E-state index contributed by atoms with van der Waals surface area (Å²) in [5.41, 5.74) is 1.38. The zero-order valence-corrected chi connectivity index (χ0v) is 20.1. The van der Waals surface area contributed by atoms with Crippen molar-refractivity contribution in [2.75, 3.05) is 30.4 Å². The summed E-state index contributed by atoms with van der Waals surface area (Å²) >= 11 is 1.56. The first kappa shape index (κ1) is 21.3. The number of nitrogens with zero attached hydrogens (tertiary/aromatic N) is 7. The third-order valence-corrected chi connectivity index (χ3v) is 7.65. The second-order valence-corrected chi connectivity index (χ2v) is 10.6. The van der Waals surface area contributed by atoms with Gasteiger partial charge in [0.2, 0.25) is 0 Å². The molecule has 2 aliphatic heterocycles. The Morgan fingerprint density at radius 1 is 1.06 bits per heavy atom. The van der Waals surface area contributed by atoms with Crippen molar-refractivity contribution in [3.05, 3.63) is 48.7 Å². The summed E-state index contributed by atoms with van der Waals surface area (Å²) in [6.07, 6.45) is 8.28. The van der Waals surface area contributed by atoms with Crippen molar-refractivity contribution in [2.45, 2.75) is 38.0 Å². The lowest BCUT2D eigenvalue weighted by Gasteiger charge is -2.32. The molecule has 2 bridgehead atoms. The molecule has 0 amide bonds. The maximum absolute atomic E-state index is 10.3. The number of anilines is 3. The minimum absolute atomic E-state index is 0.507. The highest BCUT2D eigenvalue weighted by atomic mass is 32.1. The lowest BCUT2D eigenvalue weighted by Crippen LogP contribution is -2.44. The van der Waals surface area contributed by atoms with Crippen LogP contribution in [0.4, 0.5) is 17.5 Å². The molecular formula is C24H26N8OS. The van der Waals surface area contributed by atoms with Gasteiger partial charge in [0.1, 0.15) is 22.2 Å². The summed E-state index contributed by atoms with van der Waals surface area (Å²) in [4.78, 5) is 27.7. The largest absolute Gasteiger partial charge is 0.384 e. The van der Waals surface area contributed by atoms with E-state index in [1.54, 1.807) is 37.6 Å². The second kappa shape index (κ2) is 7.93. The number of likely N-dealkylation sites (tertiary alicyclic amines) is 1. The second-order valence-electron chi connectivity index (χ2n) is 9.57. The first-order valence-corrected chi connectivity index (χ1v) is 12.2. The molecule has 2 atom stereocenters. The zero-order chi connectivity index (χ0) is 23.4. The number of hydrogen-bond donors (Lipinski definition) is 2. The van der Waals surface area contributed by atoms with Gasteiger partial charge in [-0.15, -0.1) is 11.3 Å². The van der Waals surface area contributed by atoms with Gasteiger partial charge in [0, 0.05) is 49.2 Å². The van der Waals surface area contributed by atoms with Crippen molar-refractivity contribution in [1.29, 1.82) is 0 Å². The molecule has 4 aromatic rings. The van der Waals surface area contributed by atoms with Gasteiger partial charge in [-0.05, 0) is 39.4 Å². The molecule has 0 aromatic carbocycles. The van der Waals surface area contributed by atoms with Crippen LogP contribution in [0.1, 0.15) is 26.0 Å². The lowest BCUT2D eigenvalue weighted by molar-refractivity contribution is 0.0739. The predicted octanol–water partition coefficient (Wildman–Crippen LogP) is 3.41. The van der Waals surface area contributed by atoms with Crippen molar-refractivity contribution in [2.24, 2.45) is 0 Å². The van der Waals surface area contributed by atoms with E-state index in [1.165, 1.54) is 6.42 Å². The highest BCUT2D eigenvalue weighted by Crippen LogP contribution is 2.34. The molecular weight excluding hydrogens is 448 g/mol. The van der Waals surface area contributed by atoms with Crippen molar-refractivity contribution in [3.8, 4) is 10.6 Å². The molecule has 0 radical (unpaired) electrons. The summed E-state index contributed by atoms with van der Waals surface area (Å²) in [6.45, 7) is 5.52. The van der Waals surface area contributed by atoms with Crippen molar-refractivity contribution < 1.29 is 5.11 Å². The fraction of sp³-hybridized carbons (Fsp3) is 0.375. The van der Waals surface area contributed by atoms with Crippen LogP contribution in [0.15, 0.2) is 43.0 Å². The first-order chi connectivity index (χ1) is 16.3. The maximum atomic E-state index is 10.3. The monoisotopic (exact) mass is 474 g/mol.